The van der Waals surface area contributed by atoms with Crippen LogP contribution in [0.3, 0.4) is 0 Å². The molecule has 0 atom stereocenters. The van der Waals surface area contributed by atoms with Crippen LogP contribution in [0.2, 0.25) is 0 Å². The van der Waals surface area contributed by atoms with E-state index >= 15 is 0 Å². The summed E-state index contributed by atoms with van der Waals surface area (Å²) in [6, 6.07) is 14.7. The van der Waals surface area contributed by atoms with E-state index in [1.165, 1.54) is 0 Å². The summed E-state index contributed by atoms with van der Waals surface area (Å²) >= 11 is 0. The van der Waals surface area contributed by atoms with Gasteiger partial charge >= 0.3 is 6.09 Å². The van der Waals surface area contributed by atoms with Crippen molar-refractivity contribution >= 4 is 23.6 Å². The molecule has 8 nitrogen and oxygen atoms in total. The van der Waals surface area contributed by atoms with Crippen LogP contribution in [0.4, 0.5) is 10.5 Å². The lowest BCUT2D eigenvalue weighted by molar-refractivity contribution is -0.120. The quantitative estimate of drug-likeness (QED) is 0.505. The van der Waals surface area contributed by atoms with E-state index in [0.29, 0.717) is 18.8 Å². The predicted octanol–water partition coefficient (Wildman–Crippen LogP) is 3.80. The molecule has 3 amide bonds. The minimum absolute atomic E-state index is 0.0955. The van der Waals surface area contributed by atoms with Crippen LogP contribution >= 0.6 is 0 Å². The van der Waals surface area contributed by atoms with Crippen molar-refractivity contribution < 1.29 is 23.9 Å². The Labute approximate surface area is 195 Å². The third kappa shape index (κ3) is 10.5. The van der Waals surface area contributed by atoms with Gasteiger partial charge in [-0.3, -0.25) is 9.59 Å². The zero-order chi connectivity index (χ0) is 24.3. The van der Waals surface area contributed by atoms with Gasteiger partial charge in [-0.25, -0.2) is 4.79 Å². The second-order valence-electron chi connectivity index (χ2n) is 8.46. The number of carbonyl (C=O) groups is 3. The number of amides is 3. The van der Waals surface area contributed by atoms with E-state index in [1.807, 2.05) is 43.3 Å². The van der Waals surface area contributed by atoms with Crippen molar-refractivity contribution in [3.8, 4) is 5.75 Å². The number of carbonyl (C=O) groups excluding carboxylic acids is 3. The molecule has 2 rings (SSSR count). The summed E-state index contributed by atoms with van der Waals surface area (Å²) in [5.74, 6) is 0.450. The molecule has 0 saturated heterocycles. The summed E-state index contributed by atoms with van der Waals surface area (Å²) < 4.78 is 10.5. The summed E-state index contributed by atoms with van der Waals surface area (Å²) in [5.41, 5.74) is 1.79. The van der Waals surface area contributed by atoms with Gasteiger partial charge in [0.15, 0.2) is 0 Å². The third-order valence-corrected chi connectivity index (χ3v) is 4.32. The number of nitrogens with one attached hydrogen (secondary N) is 3. The van der Waals surface area contributed by atoms with Crippen molar-refractivity contribution in [1.29, 1.82) is 0 Å². The average Bonchev–Trinajstić information content (AvgIpc) is 2.73. The van der Waals surface area contributed by atoms with Crippen LogP contribution in [0.5, 0.6) is 5.75 Å². The molecule has 0 aromatic heterocycles. The molecule has 0 bridgehead atoms. The fourth-order valence-corrected chi connectivity index (χ4v) is 2.89. The van der Waals surface area contributed by atoms with Crippen LogP contribution in [0.25, 0.3) is 0 Å². The topological polar surface area (TPSA) is 106 Å². The molecule has 0 aliphatic carbocycles. The second kappa shape index (κ2) is 12.5. The van der Waals surface area contributed by atoms with Crippen molar-refractivity contribution in [2.75, 3.05) is 18.5 Å². The second-order valence-corrected chi connectivity index (χ2v) is 8.46. The molecule has 2 aromatic carbocycles. The van der Waals surface area contributed by atoms with Gasteiger partial charge in [0.1, 0.15) is 11.4 Å². The molecule has 0 saturated carbocycles. The van der Waals surface area contributed by atoms with Gasteiger partial charge in [0, 0.05) is 25.2 Å². The number of anilines is 1. The molecule has 0 radical (unpaired) electrons. The first-order valence-corrected chi connectivity index (χ1v) is 11.0. The summed E-state index contributed by atoms with van der Waals surface area (Å²) in [7, 11) is 0. The summed E-state index contributed by atoms with van der Waals surface area (Å²) in [4.78, 5) is 36.0. The fourth-order valence-electron chi connectivity index (χ4n) is 2.89. The highest BCUT2D eigenvalue weighted by Crippen LogP contribution is 2.13. The Morgan fingerprint density at radius 2 is 1.64 bits per heavy atom. The van der Waals surface area contributed by atoms with E-state index in [-0.39, 0.29) is 31.2 Å². The Morgan fingerprint density at radius 3 is 2.30 bits per heavy atom. The number of alkyl carbamates (subject to hydrolysis) is 1. The number of benzene rings is 2. The van der Waals surface area contributed by atoms with Gasteiger partial charge in [0.05, 0.1) is 13.0 Å². The van der Waals surface area contributed by atoms with E-state index in [9.17, 15) is 14.4 Å². The molecule has 2 aromatic rings. The number of hydrogen-bond acceptors (Lipinski definition) is 5. The number of hydrogen-bond donors (Lipinski definition) is 3. The van der Waals surface area contributed by atoms with Gasteiger partial charge in [-0.2, -0.15) is 0 Å². The molecule has 0 fully saturated rings. The standard InChI is InChI=1S/C25H33N3O5/c1-5-32-21-11-9-18(10-12-21)16-23(30)27-17-19-7-6-8-20(15-19)28-22(29)13-14-26-24(31)33-25(2,3)4/h6-12,15H,5,13-14,16-17H2,1-4H3,(H,26,31)(H,27,30)(H,28,29). The maximum atomic E-state index is 12.3. The predicted molar refractivity (Wildman–Crippen MR) is 127 cm³/mol. The first kappa shape index (κ1) is 25.7. The maximum absolute atomic E-state index is 12.3. The van der Waals surface area contributed by atoms with Gasteiger partial charge in [-0.05, 0) is 63.1 Å². The monoisotopic (exact) mass is 455 g/mol. The SMILES string of the molecule is CCOc1ccc(CC(=O)NCc2cccc(NC(=O)CCNC(=O)OC(C)(C)C)c2)cc1. The maximum Gasteiger partial charge on any atom is 0.407 e. The Bertz CT molecular complexity index is 936. The van der Waals surface area contributed by atoms with Gasteiger partial charge < -0.3 is 25.4 Å². The van der Waals surface area contributed by atoms with Crippen LogP contribution in [0.1, 0.15) is 45.2 Å². The zero-order valence-electron chi connectivity index (χ0n) is 19.7. The van der Waals surface area contributed by atoms with Crippen LogP contribution in [0, 0.1) is 0 Å². The van der Waals surface area contributed by atoms with Crippen LogP contribution in [-0.2, 0) is 27.3 Å². The summed E-state index contributed by atoms with van der Waals surface area (Å²) in [6.45, 7) is 8.36. The molecule has 178 valence electrons. The highest BCUT2D eigenvalue weighted by Gasteiger charge is 2.16. The zero-order valence-corrected chi connectivity index (χ0v) is 19.7. The molecule has 0 unspecified atom stereocenters. The Morgan fingerprint density at radius 1 is 0.909 bits per heavy atom. The Balaban J connectivity index is 1.75. The molecular weight excluding hydrogens is 422 g/mol. The molecule has 3 N–H and O–H groups in total. The normalized spacial score (nSPS) is 10.8. The third-order valence-electron chi connectivity index (χ3n) is 4.32. The lowest BCUT2D eigenvalue weighted by Gasteiger charge is -2.19. The smallest absolute Gasteiger partial charge is 0.407 e. The molecule has 0 aliphatic heterocycles. The highest BCUT2D eigenvalue weighted by molar-refractivity contribution is 5.91. The molecule has 33 heavy (non-hydrogen) atoms. The lowest BCUT2D eigenvalue weighted by Crippen LogP contribution is -2.34. The fraction of sp³-hybridized carbons (Fsp3) is 0.400. The molecule has 8 heteroatoms. The average molecular weight is 456 g/mol. The lowest BCUT2D eigenvalue weighted by atomic mass is 10.1. The molecule has 0 heterocycles. The van der Waals surface area contributed by atoms with E-state index in [2.05, 4.69) is 16.0 Å². The van der Waals surface area contributed by atoms with Crippen molar-refractivity contribution in [3.05, 3.63) is 59.7 Å². The molecule has 0 aliphatic rings. The van der Waals surface area contributed by atoms with Crippen molar-refractivity contribution in [2.24, 2.45) is 0 Å². The summed E-state index contributed by atoms with van der Waals surface area (Å²) in [6.07, 6.45) is -0.172. The largest absolute Gasteiger partial charge is 0.494 e. The molecule has 0 spiro atoms. The summed E-state index contributed by atoms with van der Waals surface area (Å²) in [5, 5.41) is 8.23. The van der Waals surface area contributed by atoms with Crippen molar-refractivity contribution in [2.45, 2.75) is 52.7 Å². The molecular formula is C25H33N3O5. The minimum atomic E-state index is -0.587. The van der Waals surface area contributed by atoms with Crippen LogP contribution < -0.4 is 20.7 Å². The van der Waals surface area contributed by atoms with Crippen molar-refractivity contribution in [3.63, 3.8) is 0 Å². The highest BCUT2D eigenvalue weighted by atomic mass is 16.6. The first-order chi connectivity index (χ1) is 15.6. The first-order valence-electron chi connectivity index (χ1n) is 11.0. The van der Waals surface area contributed by atoms with Crippen LogP contribution in [-0.4, -0.2) is 36.7 Å². The van der Waals surface area contributed by atoms with Crippen molar-refractivity contribution in [1.82, 2.24) is 10.6 Å². The van der Waals surface area contributed by atoms with E-state index in [4.69, 9.17) is 9.47 Å². The Hall–Kier alpha value is -3.55. The minimum Gasteiger partial charge on any atom is -0.494 e. The number of ether oxygens (including phenoxy) is 2. The van der Waals surface area contributed by atoms with E-state index in [0.717, 1.165) is 16.9 Å². The van der Waals surface area contributed by atoms with E-state index < -0.39 is 11.7 Å². The number of rotatable bonds is 10. The van der Waals surface area contributed by atoms with Gasteiger partial charge in [0.2, 0.25) is 11.8 Å². The van der Waals surface area contributed by atoms with E-state index in [1.54, 1.807) is 32.9 Å². The van der Waals surface area contributed by atoms with Gasteiger partial charge in [-0.15, -0.1) is 0 Å². The van der Waals surface area contributed by atoms with Crippen LogP contribution in [0.15, 0.2) is 48.5 Å². The van der Waals surface area contributed by atoms with Gasteiger partial charge in [-0.1, -0.05) is 24.3 Å². The van der Waals surface area contributed by atoms with Gasteiger partial charge in [0.25, 0.3) is 0 Å². The Kier molecular flexibility index (Phi) is 9.72.